The summed E-state index contributed by atoms with van der Waals surface area (Å²) in [6.45, 7) is 5.30. The van der Waals surface area contributed by atoms with Gasteiger partial charge < -0.3 is 16.0 Å². The molecule has 146 valence electrons. The number of carbonyl (C=O) groups is 2. The Morgan fingerprint density at radius 2 is 1.88 bits per heavy atom. The molecule has 0 aromatic carbocycles. The van der Waals surface area contributed by atoms with Crippen LogP contribution in [0.2, 0.25) is 0 Å². The summed E-state index contributed by atoms with van der Waals surface area (Å²) in [4.78, 5) is 28.8. The van der Waals surface area contributed by atoms with Crippen molar-refractivity contribution in [1.29, 1.82) is 0 Å². The maximum absolute atomic E-state index is 12.6. The van der Waals surface area contributed by atoms with Crippen LogP contribution >= 0.6 is 12.4 Å². The topological polar surface area (TPSA) is 78.7 Å². The molecule has 0 aromatic heterocycles. The number of amides is 2. The highest BCUT2D eigenvalue weighted by atomic mass is 35.5. The van der Waals surface area contributed by atoms with Crippen molar-refractivity contribution in [1.82, 2.24) is 15.1 Å². The lowest BCUT2D eigenvalue weighted by molar-refractivity contribution is -0.136. The molecule has 0 bridgehead atoms. The fourth-order valence-electron chi connectivity index (χ4n) is 3.89. The summed E-state index contributed by atoms with van der Waals surface area (Å²) >= 11 is 0. The Labute approximate surface area is 158 Å². The summed E-state index contributed by atoms with van der Waals surface area (Å²) in [6.07, 6.45) is 6.54. The molecular formula is C18H35ClN4O2. The van der Waals surface area contributed by atoms with Crippen LogP contribution in [0.15, 0.2) is 0 Å². The van der Waals surface area contributed by atoms with E-state index in [1.807, 2.05) is 11.9 Å². The number of likely N-dealkylation sites (N-methyl/N-ethyl adjacent to an activating group) is 1. The van der Waals surface area contributed by atoms with Gasteiger partial charge in [0.25, 0.3) is 0 Å². The van der Waals surface area contributed by atoms with Crippen LogP contribution in [0.4, 0.5) is 0 Å². The van der Waals surface area contributed by atoms with Gasteiger partial charge in [0.2, 0.25) is 11.8 Å². The molecule has 1 aliphatic carbocycles. The van der Waals surface area contributed by atoms with Gasteiger partial charge in [0.1, 0.15) is 0 Å². The van der Waals surface area contributed by atoms with E-state index in [0.29, 0.717) is 32.2 Å². The lowest BCUT2D eigenvalue weighted by Crippen LogP contribution is -2.49. The van der Waals surface area contributed by atoms with Gasteiger partial charge in [-0.1, -0.05) is 6.92 Å². The average Bonchev–Trinajstić information content (AvgIpc) is 2.60. The van der Waals surface area contributed by atoms with Crippen LogP contribution in [0.5, 0.6) is 0 Å². The van der Waals surface area contributed by atoms with Crippen molar-refractivity contribution in [2.45, 2.75) is 51.5 Å². The van der Waals surface area contributed by atoms with Gasteiger partial charge in [-0.3, -0.25) is 14.5 Å². The van der Waals surface area contributed by atoms with Gasteiger partial charge in [-0.25, -0.2) is 0 Å². The van der Waals surface area contributed by atoms with E-state index in [9.17, 15) is 9.59 Å². The predicted molar refractivity (Wildman–Crippen MR) is 103 cm³/mol. The summed E-state index contributed by atoms with van der Waals surface area (Å²) in [6, 6.07) is 0.391. The molecule has 0 aromatic rings. The molecule has 1 saturated heterocycles. The highest BCUT2D eigenvalue weighted by Crippen LogP contribution is 2.26. The summed E-state index contributed by atoms with van der Waals surface area (Å²) in [7, 11) is 1.94. The number of nitrogens with zero attached hydrogens (tertiary/aromatic N) is 2. The number of nitrogens with two attached hydrogens (primary N) is 1. The molecule has 2 rings (SSSR count). The van der Waals surface area contributed by atoms with Crippen LogP contribution in [-0.2, 0) is 9.59 Å². The van der Waals surface area contributed by atoms with Gasteiger partial charge in [-0.15, -0.1) is 12.4 Å². The summed E-state index contributed by atoms with van der Waals surface area (Å²) < 4.78 is 0. The maximum Gasteiger partial charge on any atom is 0.236 e. The Balaban J connectivity index is 0.00000312. The van der Waals surface area contributed by atoms with E-state index in [1.54, 1.807) is 0 Å². The van der Waals surface area contributed by atoms with E-state index < -0.39 is 0 Å². The zero-order chi connectivity index (χ0) is 17.5. The molecule has 6 nitrogen and oxygen atoms in total. The van der Waals surface area contributed by atoms with Gasteiger partial charge in [0, 0.05) is 32.7 Å². The lowest BCUT2D eigenvalue weighted by Gasteiger charge is -2.36. The van der Waals surface area contributed by atoms with Crippen molar-refractivity contribution in [3.8, 4) is 0 Å². The van der Waals surface area contributed by atoms with Gasteiger partial charge in [-0.2, -0.15) is 0 Å². The first kappa shape index (κ1) is 22.2. The molecule has 0 spiro atoms. The van der Waals surface area contributed by atoms with Crippen LogP contribution in [0, 0.1) is 11.8 Å². The molecule has 0 radical (unpaired) electrons. The minimum Gasteiger partial charge on any atom is -0.355 e. The van der Waals surface area contributed by atoms with E-state index in [4.69, 9.17) is 5.73 Å². The maximum atomic E-state index is 12.6. The Morgan fingerprint density at radius 1 is 1.20 bits per heavy atom. The Morgan fingerprint density at radius 3 is 2.52 bits per heavy atom. The molecule has 1 aliphatic heterocycles. The number of likely N-dealkylation sites (tertiary alicyclic amines) is 1. The van der Waals surface area contributed by atoms with E-state index in [0.717, 1.165) is 38.1 Å². The molecule has 2 fully saturated rings. The van der Waals surface area contributed by atoms with Crippen molar-refractivity contribution in [3.63, 3.8) is 0 Å². The summed E-state index contributed by atoms with van der Waals surface area (Å²) in [5.74, 6) is 1.04. The largest absolute Gasteiger partial charge is 0.355 e. The van der Waals surface area contributed by atoms with Crippen LogP contribution in [0.1, 0.15) is 45.4 Å². The standard InChI is InChI=1S/C18H34N4O2.ClH/c1-14-5-7-16(8-6-14)21(2)17(23)13-22-11-3-4-15(12-22)18(24)20-10-9-19;/h14-16H,3-13,19H2,1-2H3,(H,20,24);1H. The lowest BCUT2D eigenvalue weighted by atomic mass is 9.87. The van der Waals surface area contributed by atoms with Gasteiger partial charge in [0.15, 0.2) is 0 Å². The van der Waals surface area contributed by atoms with E-state index in [-0.39, 0.29) is 30.1 Å². The SMILES string of the molecule is CC1CCC(N(C)C(=O)CN2CCCC(C(=O)NCCN)C2)CC1.Cl. The third kappa shape index (κ3) is 6.76. The van der Waals surface area contributed by atoms with Crippen LogP contribution in [0.25, 0.3) is 0 Å². The van der Waals surface area contributed by atoms with Crippen molar-refractivity contribution in [2.24, 2.45) is 17.6 Å². The number of carbonyl (C=O) groups excluding carboxylic acids is 2. The van der Waals surface area contributed by atoms with Crippen LogP contribution in [0.3, 0.4) is 0 Å². The van der Waals surface area contributed by atoms with Gasteiger partial charge in [0.05, 0.1) is 12.5 Å². The monoisotopic (exact) mass is 374 g/mol. The second kappa shape index (κ2) is 11.0. The van der Waals surface area contributed by atoms with Gasteiger partial charge >= 0.3 is 0 Å². The quantitative estimate of drug-likeness (QED) is 0.733. The first-order chi connectivity index (χ1) is 11.5. The highest BCUT2D eigenvalue weighted by Gasteiger charge is 2.29. The minimum absolute atomic E-state index is 0. The number of hydrogen-bond acceptors (Lipinski definition) is 4. The van der Waals surface area contributed by atoms with E-state index >= 15 is 0 Å². The zero-order valence-corrected chi connectivity index (χ0v) is 16.5. The number of rotatable bonds is 6. The van der Waals surface area contributed by atoms with E-state index in [1.165, 1.54) is 12.8 Å². The third-order valence-electron chi connectivity index (χ3n) is 5.61. The number of halogens is 1. The summed E-state index contributed by atoms with van der Waals surface area (Å²) in [5, 5.41) is 2.87. The molecule has 2 amide bonds. The van der Waals surface area contributed by atoms with Crippen molar-refractivity contribution in [3.05, 3.63) is 0 Å². The smallest absolute Gasteiger partial charge is 0.236 e. The second-order valence-electron chi connectivity index (χ2n) is 7.57. The Bertz CT molecular complexity index is 427. The number of piperidine rings is 1. The third-order valence-corrected chi connectivity index (χ3v) is 5.61. The first-order valence-corrected chi connectivity index (χ1v) is 9.47. The number of nitrogens with one attached hydrogen (secondary N) is 1. The molecule has 3 N–H and O–H groups in total. The molecule has 25 heavy (non-hydrogen) atoms. The molecule has 7 heteroatoms. The normalized spacial score (nSPS) is 27.2. The van der Waals surface area contributed by atoms with Crippen LogP contribution < -0.4 is 11.1 Å². The average molecular weight is 375 g/mol. The molecular weight excluding hydrogens is 340 g/mol. The molecule has 1 saturated carbocycles. The second-order valence-corrected chi connectivity index (χ2v) is 7.57. The van der Waals surface area contributed by atoms with E-state index in [2.05, 4.69) is 17.1 Å². The first-order valence-electron chi connectivity index (χ1n) is 9.47. The molecule has 1 unspecified atom stereocenters. The minimum atomic E-state index is -0.0149. The summed E-state index contributed by atoms with van der Waals surface area (Å²) in [5.41, 5.74) is 5.44. The zero-order valence-electron chi connectivity index (χ0n) is 15.7. The molecule has 1 atom stereocenters. The van der Waals surface area contributed by atoms with Crippen molar-refractivity contribution in [2.75, 3.05) is 39.8 Å². The van der Waals surface area contributed by atoms with Gasteiger partial charge in [-0.05, 0) is 51.0 Å². The fraction of sp³-hybridized carbons (Fsp3) is 0.889. The number of hydrogen-bond donors (Lipinski definition) is 2. The Kier molecular flexibility index (Phi) is 9.75. The van der Waals surface area contributed by atoms with Crippen LogP contribution in [-0.4, -0.2) is 67.4 Å². The molecule has 2 aliphatic rings. The van der Waals surface area contributed by atoms with Crippen molar-refractivity contribution >= 4 is 24.2 Å². The molecule has 1 heterocycles. The van der Waals surface area contributed by atoms with Crippen molar-refractivity contribution < 1.29 is 9.59 Å². The fourth-order valence-corrected chi connectivity index (χ4v) is 3.89. The predicted octanol–water partition coefficient (Wildman–Crippen LogP) is 1.23. The Hall–Kier alpha value is -0.850. The highest BCUT2D eigenvalue weighted by molar-refractivity contribution is 5.85.